The lowest BCUT2D eigenvalue weighted by Crippen LogP contribution is -2.20. The van der Waals surface area contributed by atoms with E-state index < -0.39 is 5.56 Å². The first-order chi connectivity index (χ1) is 14.2. The summed E-state index contributed by atoms with van der Waals surface area (Å²) in [6, 6.07) is 18.1. The van der Waals surface area contributed by atoms with E-state index in [1.165, 1.54) is 20.7 Å². The molecule has 0 atom stereocenters. The number of hydrogen-bond donors (Lipinski definition) is 1. The van der Waals surface area contributed by atoms with E-state index in [1.54, 1.807) is 36.0 Å². The molecule has 1 N–H and O–H groups in total. The van der Waals surface area contributed by atoms with Gasteiger partial charge in [-0.05, 0) is 30.0 Å². The van der Waals surface area contributed by atoms with Crippen LogP contribution >= 0.6 is 23.1 Å². The fourth-order valence-electron chi connectivity index (χ4n) is 2.70. The van der Waals surface area contributed by atoms with E-state index in [9.17, 15) is 9.90 Å². The van der Waals surface area contributed by atoms with Crippen LogP contribution in [0.25, 0.3) is 11.4 Å². The molecule has 0 spiro atoms. The molecular formula is C19H16N6O2S2. The van der Waals surface area contributed by atoms with Crippen molar-refractivity contribution in [3.05, 3.63) is 71.0 Å². The molecule has 2 aromatic carbocycles. The zero-order valence-corrected chi connectivity index (χ0v) is 17.0. The third kappa shape index (κ3) is 3.84. The minimum Gasteiger partial charge on any atom is -0.492 e. The Hall–Kier alpha value is -3.24. The predicted molar refractivity (Wildman–Crippen MR) is 114 cm³/mol. The Morgan fingerprint density at radius 3 is 2.21 bits per heavy atom. The Bertz CT molecular complexity index is 1200. The number of para-hydroxylation sites is 2. The van der Waals surface area contributed by atoms with Crippen LogP contribution in [0.1, 0.15) is 6.92 Å². The molecule has 0 aliphatic heterocycles. The number of nitrogens with zero attached hydrogens (tertiary/aromatic N) is 6. The quantitative estimate of drug-likeness (QED) is 0.357. The van der Waals surface area contributed by atoms with Gasteiger partial charge < -0.3 is 5.11 Å². The second kappa shape index (κ2) is 8.41. The van der Waals surface area contributed by atoms with Crippen molar-refractivity contribution in [1.29, 1.82) is 0 Å². The first-order valence-corrected chi connectivity index (χ1v) is 10.5. The second-order valence-electron chi connectivity index (χ2n) is 5.76. The Labute approximate surface area is 174 Å². The molecule has 0 aliphatic rings. The topological polar surface area (TPSA) is 97.7 Å². The number of rotatable bonds is 6. The highest BCUT2D eigenvalue weighted by molar-refractivity contribution is 8.01. The largest absolute Gasteiger partial charge is 0.492 e. The van der Waals surface area contributed by atoms with E-state index in [2.05, 4.69) is 20.4 Å². The summed E-state index contributed by atoms with van der Waals surface area (Å²) in [5.41, 5.74) is 0.548. The van der Waals surface area contributed by atoms with Crippen LogP contribution in [0.4, 0.5) is 10.8 Å². The number of azo groups is 1. The van der Waals surface area contributed by atoms with Gasteiger partial charge in [0, 0.05) is 0 Å². The molecule has 0 saturated heterocycles. The molecule has 4 rings (SSSR count). The zero-order chi connectivity index (χ0) is 20.2. The number of aromatic hydroxyl groups is 1. The van der Waals surface area contributed by atoms with Gasteiger partial charge in [-0.25, -0.2) is 9.36 Å². The number of aromatic nitrogens is 4. The molecular weight excluding hydrogens is 408 g/mol. The first kappa shape index (κ1) is 19.1. The van der Waals surface area contributed by atoms with Crippen LogP contribution in [0.3, 0.4) is 0 Å². The lowest BCUT2D eigenvalue weighted by atomic mass is 10.3. The van der Waals surface area contributed by atoms with Gasteiger partial charge in [0.05, 0.1) is 11.4 Å². The molecule has 8 nitrogen and oxygen atoms in total. The third-order valence-corrected chi connectivity index (χ3v) is 5.73. The Morgan fingerprint density at radius 1 is 0.966 bits per heavy atom. The molecule has 2 aromatic heterocycles. The van der Waals surface area contributed by atoms with Gasteiger partial charge in [-0.3, -0.25) is 4.79 Å². The lowest BCUT2D eigenvalue weighted by molar-refractivity contribution is 0.426. The molecule has 4 aromatic rings. The van der Waals surface area contributed by atoms with E-state index >= 15 is 0 Å². The molecule has 10 heteroatoms. The SMILES string of the molecule is CCSc1nnc(N=Nc2c(O)n(-c3ccccc3)n(-c3ccccc3)c2=O)s1. The van der Waals surface area contributed by atoms with Gasteiger partial charge in [0.25, 0.3) is 5.13 Å². The predicted octanol–water partition coefficient (Wildman–Crippen LogP) is 4.71. The third-order valence-electron chi connectivity index (χ3n) is 3.91. The van der Waals surface area contributed by atoms with Crippen molar-refractivity contribution in [3.63, 3.8) is 0 Å². The maximum Gasteiger partial charge on any atom is 0.303 e. The average Bonchev–Trinajstić information content (AvgIpc) is 3.30. The number of benzene rings is 2. The Balaban J connectivity index is 1.84. The Kier molecular flexibility index (Phi) is 5.54. The standard InChI is InChI=1S/C19H16N6O2S2/c1-2-28-19-23-22-18(29-19)21-20-15-16(26)24(13-9-5-3-6-10-13)25(17(15)27)14-11-7-4-8-12-14/h3-12,26H,2H2,1H3. The van der Waals surface area contributed by atoms with Gasteiger partial charge in [0.15, 0.2) is 4.34 Å². The van der Waals surface area contributed by atoms with Crippen molar-refractivity contribution in [1.82, 2.24) is 19.6 Å². The fourth-order valence-corrected chi connectivity index (χ4v) is 4.26. The summed E-state index contributed by atoms with van der Waals surface area (Å²) in [5, 5.41) is 27.1. The maximum absolute atomic E-state index is 13.1. The maximum atomic E-state index is 13.1. The molecule has 29 heavy (non-hydrogen) atoms. The van der Waals surface area contributed by atoms with E-state index in [0.29, 0.717) is 16.5 Å². The van der Waals surface area contributed by atoms with Gasteiger partial charge in [0.2, 0.25) is 11.6 Å². The molecule has 0 fully saturated rings. The van der Waals surface area contributed by atoms with Crippen LogP contribution in [0.5, 0.6) is 5.88 Å². The number of thioether (sulfide) groups is 1. The Morgan fingerprint density at radius 2 is 1.59 bits per heavy atom. The van der Waals surface area contributed by atoms with E-state index in [4.69, 9.17) is 0 Å². The first-order valence-electron chi connectivity index (χ1n) is 8.75. The van der Waals surface area contributed by atoms with E-state index in [1.807, 2.05) is 43.3 Å². The highest BCUT2D eigenvalue weighted by Gasteiger charge is 2.22. The minimum absolute atomic E-state index is 0.169. The van der Waals surface area contributed by atoms with Crippen molar-refractivity contribution in [3.8, 4) is 17.3 Å². The molecule has 0 aliphatic carbocycles. The summed E-state index contributed by atoms with van der Waals surface area (Å²) >= 11 is 2.82. The van der Waals surface area contributed by atoms with Gasteiger partial charge in [-0.15, -0.1) is 20.4 Å². The normalized spacial score (nSPS) is 11.3. The van der Waals surface area contributed by atoms with Crippen LogP contribution in [0.2, 0.25) is 0 Å². The van der Waals surface area contributed by atoms with Crippen molar-refractivity contribution >= 4 is 33.9 Å². The molecule has 0 saturated carbocycles. The molecule has 0 amide bonds. The molecule has 0 unspecified atom stereocenters. The van der Waals surface area contributed by atoms with Gasteiger partial charge >= 0.3 is 5.56 Å². The van der Waals surface area contributed by atoms with Crippen LogP contribution in [0.15, 0.2) is 80.0 Å². The van der Waals surface area contributed by atoms with Crippen LogP contribution in [-0.2, 0) is 0 Å². The summed E-state index contributed by atoms with van der Waals surface area (Å²) in [6.07, 6.45) is 0. The summed E-state index contributed by atoms with van der Waals surface area (Å²) in [4.78, 5) is 13.1. The van der Waals surface area contributed by atoms with Crippen LogP contribution < -0.4 is 5.56 Å². The van der Waals surface area contributed by atoms with Gasteiger partial charge in [-0.1, -0.05) is 66.4 Å². The van der Waals surface area contributed by atoms with Crippen molar-refractivity contribution < 1.29 is 5.11 Å². The molecule has 0 bridgehead atoms. The van der Waals surface area contributed by atoms with Crippen LogP contribution in [0, 0.1) is 0 Å². The molecule has 2 heterocycles. The summed E-state index contributed by atoms with van der Waals surface area (Å²) in [5.74, 6) is 0.565. The smallest absolute Gasteiger partial charge is 0.303 e. The minimum atomic E-state index is -0.492. The number of hydrogen-bond acceptors (Lipinski definition) is 8. The van der Waals surface area contributed by atoms with Crippen molar-refractivity contribution in [2.24, 2.45) is 10.2 Å². The van der Waals surface area contributed by atoms with Crippen molar-refractivity contribution in [2.45, 2.75) is 11.3 Å². The lowest BCUT2D eigenvalue weighted by Gasteiger charge is -2.12. The summed E-state index contributed by atoms with van der Waals surface area (Å²) < 4.78 is 3.54. The molecule has 0 radical (unpaired) electrons. The van der Waals surface area contributed by atoms with Crippen molar-refractivity contribution in [2.75, 3.05) is 5.75 Å². The second-order valence-corrected chi connectivity index (χ2v) is 8.22. The highest BCUT2D eigenvalue weighted by atomic mass is 32.2. The fraction of sp³-hybridized carbons (Fsp3) is 0.105. The summed E-state index contributed by atoms with van der Waals surface area (Å²) in [6.45, 7) is 2.02. The highest BCUT2D eigenvalue weighted by Crippen LogP contribution is 2.32. The average molecular weight is 425 g/mol. The van der Waals surface area contributed by atoms with Gasteiger partial charge in [0.1, 0.15) is 0 Å². The van der Waals surface area contributed by atoms with Gasteiger partial charge in [-0.2, -0.15) is 0 Å². The zero-order valence-electron chi connectivity index (χ0n) is 15.3. The monoisotopic (exact) mass is 424 g/mol. The van der Waals surface area contributed by atoms with E-state index in [0.717, 1.165) is 10.1 Å². The summed E-state index contributed by atoms with van der Waals surface area (Å²) in [7, 11) is 0. The van der Waals surface area contributed by atoms with Crippen LogP contribution in [-0.4, -0.2) is 30.4 Å². The molecule has 146 valence electrons. The van der Waals surface area contributed by atoms with E-state index in [-0.39, 0.29) is 11.6 Å².